The Balaban J connectivity index is 1.40. The molecular formula is C24H30FN3O. The fraction of sp³-hybridized carbons (Fsp3) is 0.458. The number of amides is 1. The van der Waals surface area contributed by atoms with Crippen LogP contribution in [0.15, 0.2) is 48.5 Å². The van der Waals surface area contributed by atoms with E-state index in [1.807, 2.05) is 18.2 Å². The first-order valence-corrected chi connectivity index (χ1v) is 10.7. The maximum Gasteiger partial charge on any atom is 0.251 e. The number of piperidine rings is 2. The lowest BCUT2D eigenvalue weighted by atomic mass is 9.97. The number of carbonyl (C=O) groups is 1. The van der Waals surface area contributed by atoms with Crippen molar-refractivity contribution in [3.63, 3.8) is 0 Å². The molecule has 2 heterocycles. The number of likely N-dealkylation sites (tertiary alicyclic amines) is 2. The Morgan fingerprint density at radius 1 is 1.03 bits per heavy atom. The third-order valence-electron chi connectivity index (χ3n) is 6.30. The van der Waals surface area contributed by atoms with Crippen molar-refractivity contribution in [2.75, 3.05) is 33.2 Å². The van der Waals surface area contributed by atoms with E-state index in [1.54, 1.807) is 24.3 Å². The Bertz CT molecular complexity index is 848. The highest BCUT2D eigenvalue weighted by atomic mass is 19.1. The monoisotopic (exact) mass is 395 g/mol. The zero-order valence-electron chi connectivity index (χ0n) is 17.1. The van der Waals surface area contributed by atoms with Crippen LogP contribution in [0, 0.1) is 5.82 Å². The lowest BCUT2D eigenvalue weighted by molar-refractivity contribution is 0.0766. The van der Waals surface area contributed by atoms with Gasteiger partial charge in [-0.3, -0.25) is 9.69 Å². The Kier molecular flexibility index (Phi) is 6.26. The third-order valence-corrected chi connectivity index (χ3v) is 6.30. The molecule has 0 radical (unpaired) electrons. The van der Waals surface area contributed by atoms with Crippen LogP contribution in [-0.4, -0.2) is 61.0 Å². The van der Waals surface area contributed by atoms with Crippen LogP contribution in [-0.2, 0) is 0 Å². The highest BCUT2D eigenvalue weighted by molar-refractivity contribution is 5.95. The van der Waals surface area contributed by atoms with Crippen molar-refractivity contribution in [3.05, 3.63) is 59.9 Å². The average Bonchev–Trinajstić information content (AvgIpc) is 2.75. The second-order valence-corrected chi connectivity index (χ2v) is 8.40. The van der Waals surface area contributed by atoms with Gasteiger partial charge in [-0.2, -0.15) is 0 Å². The highest BCUT2D eigenvalue weighted by Gasteiger charge is 2.28. The Morgan fingerprint density at radius 2 is 1.83 bits per heavy atom. The van der Waals surface area contributed by atoms with Crippen molar-refractivity contribution in [1.82, 2.24) is 15.1 Å². The summed E-state index contributed by atoms with van der Waals surface area (Å²) >= 11 is 0. The van der Waals surface area contributed by atoms with Crippen molar-refractivity contribution >= 4 is 5.91 Å². The molecule has 4 nitrogen and oxygen atoms in total. The van der Waals surface area contributed by atoms with Crippen LogP contribution in [0.3, 0.4) is 0 Å². The molecule has 1 unspecified atom stereocenters. The van der Waals surface area contributed by atoms with Crippen molar-refractivity contribution in [2.24, 2.45) is 0 Å². The molecule has 4 rings (SSSR count). The summed E-state index contributed by atoms with van der Waals surface area (Å²) in [5, 5.41) is 3.22. The molecule has 2 aliphatic heterocycles. The largest absolute Gasteiger partial charge is 0.348 e. The van der Waals surface area contributed by atoms with Gasteiger partial charge in [0, 0.05) is 29.8 Å². The molecule has 2 aromatic rings. The van der Waals surface area contributed by atoms with E-state index in [1.165, 1.54) is 18.9 Å². The predicted octanol–water partition coefficient (Wildman–Crippen LogP) is 3.78. The van der Waals surface area contributed by atoms with Crippen molar-refractivity contribution in [3.8, 4) is 11.1 Å². The summed E-state index contributed by atoms with van der Waals surface area (Å²) in [4.78, 5) is 17.8. The summed E-state index contributed by atoms with van der Waals surface area (Å²) in [6, 6.07) is 14.7. The topological polar surface area (TPSA) is 35.6 Å². The molecule has 5 heteroatoms. The summed E-state index contributed by atoms with van der Waals surface area (Å²) < 4.78 is 14.1. The quantitative estimate of drug-likeness (QED) is 0.856. The molecule has 0 spiro atoms. The maximum absolute atomic E-state index is 14.1. The molecule has 0 aromatic heterocycles. The van der Waals surface area contributed by atoms with Gasteiger partial charge in [0.15, 0.2) is 0 Å². The molecule has 2 aromatic carbocycles. The van der Waals surface area contributed by atoms with Gasteiger partial charge in [-0.05, 0) is 76.1 Å². The van der Waals surface area contributed by atoms with Gasteiger partial charge >= 0.3 is 0 Å². The number of nitrogens with one attached hydrogen (secondary N) is 1. The highest BCUT2D eigenvalue weighted by Crippen LogP contribution is 2.24. The summed E-state index contributed by atoms with van der Waals surface area (Å²) in [5.41, 5.74) is 1.84. The first-order valence-electron chi connectivity index (χ1n) is 10.7. The molecule has 1 amide bonds. The van der Waals surface area contributed by atoms with E-state index in [9.17, 15) is 9.18 Å². The normalized spacial score (nSPS) is 21.8. The first kappa shape index (κ1) is 20.0. The molecule has 154 valence electrons. The summed E-state index contributed by atoms with van der Waals surface area (Å²) in [7, 11) is 2.19. The second-order valence-electron chi connectivity index (χ2n) is 8.40. The van der Waals surface area contributed by atoms with Gasteiger partial charge in [-0.15, -0.1) is 0 Å². The van der Waals surface area contributed by atoms with Gasteiger partial charge in [0.1, 0.15) is 5.82 Å². The molecule has 0 saturated carbocycles. The smallest absolute Gasteiger partial charge is 0.251 e. The van der Waals surface area contributed by atoms with Crippen molar-refractivity contribution < 1.29 is 9.18 Å². The van der Waals surface area contributed by atoms with Gasteiger partial charge in [0.25, 0.3) is 5.91 Å². The van der Waals surface area contributed by atoms with E-state index >= 15 is 0 Å². The van der Waals surface area contributed by atoms with Gasteiger partial charge in [-0.25, -0.2) is 4.39 Å². The van der Waals surface area contributed by atoms with E-state index in [2.05, 4.69) is 22.2 Å². The molecule has 29 heavy (non-hydrogen) atoms. The molecule has 2 aliphatic rings. The number of hydrogen-bond donors (Lipinski definition) is 1. The molecule has 2 fully saturated rings. The predicted molar refractivity (Wildman–Crippen MR) is 114 cm³/mol. The summed E-state index contributed by atoms with van der Waals surface area (Å²) in [6.45, 7) is 4.36. The lowest BCUT2D eigenvalue weighted by Crippen LogP contribution is -2.53. The number of benzene rings is 2. The Morgan fingerprint density at radius 3 is 2.62 bits per heavy atom. The molecule has 0 bridgehead atoms. The first-order chi connectivity index (χ1) is 14.1. The van der Waals surface area contributed by atoms with Crippen molar-refractivity contribution in [2.45, 2.75) is 37.8 Å². The maximum atomic E-state index is 14.1. The van der Waals surface area contributed by atoms with Crippen molar-refractivity contribution in [1.29, 1.82) is 0 Å². The van der Waals surface area contributed by atoms with Gasteiger partial charge in [0.05, 0.1) is 0 Å². The molecular weight excluding hydrogens is 365 g/mol. The standard InChI is InChI=1S/C24H30FN3O/c1-27-14-11-21(12-15-27)28-13-5-8-20(17-28)26-24(29)19-7-4-6-18(16-19)22-9-2-3-10-23(22)25/h2-4,6-7,9-10,16,20-21H,5,8,11-15,17H2,1H3,(H,26,29). The van der Waals surface area contributed by atoms with Gasteiger partial charge in [0.2, 0.25) is 0 Å². The Labute approximate surface area is 172 Å². The molecule has 0 aliphatic carbocycles. The average molecular weight is 396 g/mol. The molecule has 1 atom stereocenters. The van der Waals surface area contributed by atoms with Gasteiger partial charge in [-0.1, -0.05) is 30.3 Å². The molecule has 1 N–H and O–H groups in total. The number of rotatable bonds is 4. The van der Waals surface area contributed by atoms with Crippen LogP contribution in [0.25, 0.3) is 11.1 Å². The number of nitrogens with zero attached hydrogens (tertiary/aromatic N) is 2. The fourth-order valence-electron chi connectivity index (χ4n) is 4.61. The fourth-order valence-corrected chi connectivity index (χ4v) is 4.61. The van der Waals surface area contributed by atoms with Crippen LogP contribution in [0.2, 0.25) is 0 Å². The lowest BCUT2D eigenvalue weighted by Gasteiger charge is -2.41. The summed E-state index contributed by atoms with van der Waals surface area (Å²) in [5.74, 6) is -0.343. The minimum Gasteiger partial charge on any atom is -0.348 e. The van der Waals surface area contributed by atoms with E-state index in [-0.39, 0.29) is 17.8 Å². The van der Waals surface area contributed by atoms with Crippen LogP contribution in [0.5, 0.6) is 0 Å². The van der Waals surface area contributed by atoms with E-state index in [0.717, 1.165) is 44.6 Å². The third kappa shape index (κ3) is 4.85. The number of carbonyl (C=O) groups excluding carboxylic acids is 1. The van der Waals surface area contributed by atoms with Crippen LogP contribution in [0.1, 0.15) is 36.0 Å². The zero-order chi connectivity index (χ0) is 20.2. The Hall–Kier alpha value is -2.24. The van der Waals surface area contributed by atoms with E-state index < -0.39 is 0 Å². The van der Waals surface area contributed by atoms with Crippen LogP contribution < -0.4 is 5.32 Å². The van der Waals surface area contributed by atoms with E-state index in [4.69, 9.17) is 0 Å². The zero-order valence-corrected chi connectivity index (χ0v) is 17.1. The SMILES string of the molecule is CN1CCC(N2CCCC(NC(=O)c3cccc(-c4ccccc4F)c3)C2)CC1. The minimum absolute atomic E-state index is 0.0709. The van der Waals surface area contributed by atoms with Crippen LogP contribution >= 0.6 is 0 Å². The summed E-state index contributed by atoms with van der Waals surface area (Å²) in [6.07, 6.45) is 4.55. The van der Waals surface area contributed by atoms with E-state index in [0.29, 0.717) is 17.2 Å². The number of hydrogen-bond acceptors (Lipinski definition) is 3. The second kappa shape index (κ2) is 9.06. The minimum atomic E-state index is -0.272. The van der Waals surface area contributed by atoms with Crippen LogP contribution in [0.4, 0.5) is 4.39 Å². The van der Waals surface area contributed by atoms with Gasteiger partial charge < -0.3 is 10.2 Å². The molecule has 2 saturated heterocycles. The number of halogens is 1.